The Balaban J connectivity index is 0.000000459. The molecule has 0 aromatic heterocycles. The van der Waals surface area contributed by atoms with Crippen molar-refractivity contribution >= 4 is 17.9 Å². The summed E-state index contributed by atoms with van der Waals surface area (Å²) in [5.74, 6) is -3.16. The van der Waals surface area contributed by atoms with Gasteiger partial charge < -0.3 is 20.3 Å². The average molecular weight is 275 g/mol. The SMILES string of the molecule is CCOC(=O)CC1CCNC(C)C1.O=C(O)C(=O)O. The van der Waals surface area contributed by atoms with Crippen molar-refractivity contribution in [2.24, 2.45) is 5.92 Å². The second-order valence-corrected chi connectivity index (χ2v) is 4.37. The van der Waals surface area contributed by atoms with Gasteiger partial charge >= 0.3 is 17.9 Å². The molecule has 1 aliphatic heterocycles. The lowest BCUT2D eigenvalue weighted by molar-refractivity contribution is -0.159. The van der Waals surface area contributed by atoms with Gasteiger partial charge in [-0.05, 0) is 39.2 Å². The molecule has 0 saturated carbocycles. The summed E-state index contributed by atoms with van der Waals surface area (Å²) in [7, 11) is 0. The van der Waals surface area contributed by atoms with Crippen molar-refractivity contribution in [1.82, 2.24) is 5.32 Å². The third kappa shape index (κ3) is 9.01. The summed E-state index contributed by atoms with van der Waals surface area (Å²) in [6.45, 7) is 5.55. The Labute approximate surface area is 111 Å². The van der Waals surface area contributed by atoms with Crippen molar-refractivity contribution < 1.29 is 29.3 Å². The number of nitrogens with one attached hydrogen (secondary N) is 1. The number of hydrogen-bond acceptors (Lipinski definition) is 5. The molecule has 0 aromatic carbocycles. The Kier molecular flexibility index (Phi) is 8.52. The number of ether oxygens (including phenoxy) is 1. The third-order valence-corrected chi connectivity index (χ3v) is 2.68. The molecular formula is C12H21NO6. The summed E-state index contributed by atoms with van der Waals surface area (Å²) >= 11 is 0. The van der Waals surface area contributed by atoms with E-state index in [0.29, 0.717) is 25.0 Å². The molecule has 2 unspecified atom stereocenters. The first-order valence-electron chi connectivity index (χ1n) is 6.22. The van der Waals surface area contributed by atoms with Crippen molar-refractivity contribution in [3.8, 4) is 0 Å². The van der Waals surface area contributed by atoms with E-state index >= 15 is 0 Å². The standard InChI is InChI=1S/C10H19NO2.C2H2O4/c1-3-13-10(12)7-9-4-5-11-8(2)6-9;3-1(4)2(5)6/h8-9,11H,3-7H2,1-2H3;(H,3,4)(H,5,6). The fourth-order valence-corrected chi connectivity index (χ4v) is 1.88. The van der Waals surface area contributed by atoms with Crippen molar-refractivity contribution in [1.29, 1.82) is 0 Å². The number of carboxylic acids is 2. The van der Waals surface area contributed by atoms with E-state index in [1.165, 1.54) is 0 Å². The van der Waals surface area contributed by atoms with Crippen LogP contribution in [-0.4, -0.2) is 47.3 Å². The molecule has 1 aliphatic rings. The molecule has 0 aliphatic carbocycles. The van der Waals surface area contributed by atoms with E-state index in [-0.39, 0.29) is 5.97 Å². The highest BCUT2D eigenvalue weighted by Crippen LogP contribution is 2.19. The normalized spacial score (nSPS) is 21.8. The molecule has 7 heteroatoms. The number of carboxylic acid groups (broad SMARTS) is 2. The van der Waals surface area contributed by atoms with Gasteiger partial charge in [-0.15, -0.1) is 0 Å². The number of aliphatic carboxylic acids is 2. The van der Waals surface area contributed by atoms with Crippen molar-refractivity contribution in [2.45, 2.75) is 39.2 Å². The summed E-state index contributed by atoms with van der Waals surface area (Å²) in [4.78, 5) is 29.4. The molecule has 0 aromatic rings. The fraction of sp³-hybridized carbons (Fsp3) is 0.750. The van der Waals surface area contributed by atoms with E-state index in [0.717, 1.165) is 19.4 Å². The second kappa shape index (κ2) is 9.32. The summed E-state index contributed by atoms with van der Waals surface area (Å²) in [6.07, 6.45) is 2.79. The van der Waals surface area contributed by atoms with Crippen LogP contribution in [0.3, 0.4) is 0 Å². The van der Waals surface area contributed by atoms with Crippen LogP contribution in [0.1, 0.15) is 33.1 Å². The second-order valence-electron chi connectivity index (χ2n) is 4.37. The predicted octanol–water partition coefficient (Wildman–Crippen LogP) is 0.483. The third-order valence-electron chi connectivity index (χ3n) is 2.68. The minimum Gasteiger partial charge on any atom is -0.473 e. The number of rotatable bonds is 3. The quantitative estimate of drug-likeness (QED) is 0.507. The van der Waals surface area contributed by atoms with Gasteiger partial charge in [0, 0.05) is 12.5 Å². The lowest BCUT2D eigenvalue weighted by Gasteiger charge is -2.27. The Hall–Kier alpha value is -1.63. The number of esters is 1. The van der Waals surface area contributed by atoms with E-state index < -0.39 is 11.9 Å². The molecule has 0 amide bonds. The van der Waals surface area contributed by atoms with Crippen molar-refractivity contribution in [3.63, 3.8) is 0 Å². The smallest absolute Gasteiger partial charge is 0.414 e. The Morgan fingerprint density at radius 1 is 1.26 bits per heavy atom. The maximum absolute atomic E-state index is 11.2. The van der Waals surface area contributed by atoms with E-state index in [9.17, 15) is 4.79 Å². The Morgan fingerprint density at radius 3 is 2.26 bits per heavy atom. The molecule has 7 nitrogen and oxygen atoms in total. The van der Waals surface area contributed by atoms with Gasteiger partial charge in [-0.3, -0.25) is 4.79 Å². The number of carbonyl (C=O) groups excluding carboxylic acids is 1. The Bertz CT molecular complexity index is 305. The van der Waals surface area contributed by atoms with Crippen LogP contribution in [0.2, 0.25) is 0 Å². The molecule has 0 radical (unpaired) electrons. The summed E-state index contributed by atoms with van der Waals surface area (Å²) in [5.41, 5.74) is 0. The van der Waals surface area contributed by atoms with Crippen LogP contribution >= 0.6 is 0 Å². The lowest BCUT2D eigenvalue weighted by Crippen LogP contribution is -2.36. The van der Waals surface area contributed by atoms with Crippen LogP contribution in [-0.2, 0) is 19.1 Å². The van der Waals surface area contributed by atoms with Gasteiger partial charge in [-0.25, -0.2) is 9.59 Å². The maximum atomic E-state index is 11.2. The zero-order valence-corrected chi connectivity index (χ0v) is 11.2. The minimum atomic E-state index is -1.82. The van der Waals surface area contributed by atoms with Crippen LogP contribution < -0.4 is 5.32 Å². The molecule has 0 spiro atoms. The highest BCUT2D eigenvalue weighted by molar-refractivity contribution is 6.27. The number of piperidine rings is 1. The minimum absolute atomic E-state index is 0.0402. The van der Waals surface area contributed by atoms with Crippen LogP contribution in [0.4, 0.5) is 0 Å². The first-order chi connectivity index (χ1) is 8.86. The first-order valence-corrected chi connectivity index (χ1v) is 6.22. The zero-order chi connectivity index (χ0) is 14.8. The topological polar surface area (TPSA) is 113 Å². The van der Waals surface area contributed by atoms with Gasteiger partial charge in [0.1, 0.15) is 0 Å². The van der Waals surface area contributed by atoms with E-state index in [4.69, 9.17) is 24.5 Å². The fourth-order valence-electron chi connectivity index (χ4n) is 1.88. The van der Waals surface area contributed by atoms with Gasteiger partial charge in [0.15, 0.2) is 0 Å². The predicted molar refractivity (Wildman–Crippen MR) is 66.7 cm³/mol. The zero-order valence-electron chi connectivity index (χ0n) is 11.2. The number of carbonyl (C=O) groups is 3. The molecule has 1 rings (SSSR count). The summed E-state index contributed by atoms with van der Waals surface area (Å²) < 4.78 is 4.92. The van der Waals surface area contributed by atoms with Crippen LogP contribution in [0.15, 0.2) is 0 Å². The summed E-state index contributed by atoms with van der Waals surface area (Å²) in [6, 6.07) is 0.549. The molecule has 1 fully saturated rings. The van der Waals surface area contributed by atoms with E-state index in [1.807, 2.05) is 6.92 Å². The van der Waals surface area contributed by atoms with Crippen LogP contribution in [0.25, 0.3) is 0 Å². The summed E-state index contributed by atoms with van der Waals surface area (Å²) in [5, 5.41) is 18.1. The van der Waals surface area contributed by atoms with Gasteiger partial charge in [0.05, 0.1) is 6.61 Å². The molecule has 110 valence electrons. The maximum Gasteiger partial charge on any atom is 0.414 e. The Morgan fingerprint density at radius 2 is 1.84 bits per heavy atom. The largest absolute Gasteiger partial charge is 0.473 e. The van der Waals surface area contributed by atoms with E-state index in [1.54, 1.807) is 0 Å². The molecule has 2 atom stereocenters. The van der Waals surface area contributed by atoms with Crippen LogP contribution in [0.5, 0.6) is 0 Å². The monoisotopic (exact) mass is 275 g/mol. The molecular weight excluding hydrogens is 254 g/mol. The van der Waals surface area contributed by atoms with Gasteiger partial charge in [0.25, 0.3) is 0 Å². The highest BCUT2D eigenvalue weighted by atomic mass is 16.5. The van der Waals surface area contributed by atoms with Crippen LogP contribution in [0, 0.1) is 5.92 Å². The molecule has 19 heavy (non-hydrogen) atoms. The van der Waals surface area contributed by atoms with E-state index in [2.05, 4.69) is 12.2 Å². The van der Waals surface area contributed by atoms with Gasteiger partial charge in [0.2, 0.25) is 0 Å². The van der Waals surface area contributed by atoms with Crippen molar-refractivity contribution in [3.05, 3.63) is 0 Å². The lowest BCUT2D eigenvalue weighted by atomic mass is 9.90. The van der Waals surface area contributed by atoms with Crippen molar-refractivity contribution in [2.75, 3.05) is 13.2 Å². The molecule has 1 heterocycles. The van der Waals surface area contributed by atoms with Gasteiger partial charge in [-0.2, -0.15) is 0 Å². The molecule has 0 bridgehead atoms. The highest BCUT2D eigenvalue weighted by Gasteiger charge is 2.21. The first kappa shape index (κ1) is 17.4. The van der Waals surface area contributed by atoms with Gasteiger partial charge in [-0.1, -0.05) is 0 Å². The average Bonchev–Trinajstić information content (AvgIpc) is 2.29. The molecule has 3 N–H and O–H groups in total. The molecule has 1 saturated heterocycles. The number of hydrogen-bond donors (Lipinski definition) is 3.